The van der Waals surface area contributed by atoms with Gasteiger partial charge in [0.15, 0.2) is 0 Å². The molecule has 0 aromatic carbocycles. The van der Waals surface area contributed by atoms with E-state index in [4.69, 9.17) is 10.5 Å². The van der Waals surface area contributed by atoms with E-state index in [9.17, 15) is 0 Å². The van der Waals surface area contributed by atoms with Gasteiger partial charge in [-0.25, -0.2) is 0 Å². The zero-order chi connectivity index (χ0) is 12.5. The van der Waals surface area contributed by atoms with Crippen LogP contribution in [0.3, 0.4) is 0 Å². The normalized spacial score (nSPS) is 19.8. The first kappa shape index (κ1) is 14.9. The highest BCUT2D eigenvalue weighted by atomic mass is 16.5. The Morgan fingerprint density at radius 1 is 1.24 bits per heavy atom. The van der Waals surface area contributed by atoms with E-state index in [0.29, 0.717) is 6.54 Å². The lowest BCUT2D eigenvalue weighted by Gasteiger charge is -2.34. The Kier molecular flexibility index (Phi) is 7.82. The summed E-state index contributed by atoms with van der Waals surface area (Å²) in [7, 11) is 0. The summed E-state index contributed by atoms with van der Waals surface area (Å²) in [6.45, 7) is 8.04. The minimum Gasteiger partial charge on any atom is -0.377 e. The van der Waals surface area contributed by atoms with Crippen molar-refractivity contribution in [3.8, 4) is 0 Å². The lowest BCUT2D eigenvalue weighted by Crippen LogP contribution is -2.39. The molecule has 0 aliphatic heterocycles. The van der Waals surface area contributed by atoms with E-state index in [1.54, 1.807) is 0 Å². The fourth-order valence-corrected chi connectivity index (χ4v) is 2.86. The van der Waals surface area contributed by atoms with Gasteiger partial charge in [-0.1, -0.05) is 26.2 Å². The molecule has 0 spiro atoms. The molecule has 1 atom stereocenters. The third-order valence-electron chi connectivity index (χ3n) is 3.90. The van der Waals surface area contributed by atoms with E-state index in [1.165, 1.54) is 32.1 Å². The fraction of sp³-hybridized carbons (Fsp3) is 1.00. The average Bonchev–Trinajstić information content (AvgIpc) is 2.39. The maximum absolute atomic E-state index is 5.72. The van der Waals surface area contributed by atoms with Crippen molar-refractivity contribution in [2.75, 3.05) is 26.2 Å². The lowest BCUT2D eigenvalue weighted by atomic mass is 9.94. The van der Waals surface area contributed by atoms with E-state index in [0.717, 1.165) is 32.2 Å². The summed E-state index contributed by atoms with van der Waals surface area (Å²) in [5, 5.41) is 0. The number of ether oxygens (including phenoxy) is 1. The zero-order valence-electron chi connectivity index (χ0n) is 11.7. The van der Waals surface area contributed by atoms with Gasteiger partial charge in [0.2, 0.25) is 0 Å². The Balaban J connectivity index is 2.29. The van der Waals surface area contributed by atoms with E-state index in [2.05, 4.69) is 11.8 Å². The second-order valence-electron chi connectivity index (χ2n) is 5.02. The van der Waals surface area contributed by atoms with Crippen molar-refractivity contribution in [1.82, 2.24) is 4.90 Å². The SMILES string of the molecule is CCOC(CN)CCN(CC)C1CCCCC1. The van der Waals surface area contributed by atoms with Crippen LogP contribution >= 0.6 is 0 Å². The molecule has 0 heterocycles. The molecule has 0 bridgehead atoms. The third-order valence-corrected chi connectivity index (χ3v) is 3.90. The first-order valence-corrected chi connectivity index (χ1v) is 7.37. The molecular weight excluding hydrogens is 212 g/mol. The molecule has 0 saturated heterocycles. The zero-order valence-corrected chi connectivity index (χ0v) is 11.7. The summed E-state index contributed by atoms with van der Waals surface area (Å²) >= 11 is 0. The van der Waals surface area contributed by atoms with Gasteiger partial charge in [-0.15, -0.1) is 0 Å². The van der Waals surface area contributed by atoms with Gasteiger partial charge < -0.3 is 15.4 Å². The van der Waals surface area contributed by atoms with Crippen LogP contribution in [0.25, 0.3) is 0 Å². The van der Waals surface area contributed by atoms with Crippen molar-refractivity contribution >= 4 is 0 Å². The van der Waals surface area contributed by atoms with Gasteiger partial charge in [-0.2, -0.15) is 0 Å². The van der Waals surface area contributed by atoms with Gasteiger partial charge >= 0.3 is 0 Å². The van der Waals surface area contributed by atoms with Crippen molar-refractivity contribution < 1.29 is 4.74 Å². The van der Waals surface area contributed by atoms with E-state index in [-0.39, 0.29) is 6.10 Å². The molecule has 17 heavy (non-hydrogen) atoms. The van der Waals surface area contributed by atoms with Crippen LogP contribution in [0.4, 0.5) is 0 Å². The molecule has 1 fully saturated rings. The van der Waals surface area contributed by atoms with Gasteiger partial charge in [0.1, 0.15) is 0 Å². The lowest BCUT2D eigenvalue weighted by molar-refractivity contribution is 0.0475. The van der Waals surface area contributed by atoms with Crippen molar-refractivity contribution in [3.05, 3.63) is 0 Å². The molecule has 3 heteroatoms. The van der Waals surface area contributed by atoms with E-state index >= 15 is 0 Å². The summed E-state index contributed by atoms with van der Waals surface area (Å²) < 4.78 is 5.62. The van der Waals surface area contributed by atoms with Crippen LogP contribution in [0.15, 0.2) is 0 Å². The number of rotatable bonds is 8. The van der Waals surface area contributed by atoms with Gasteiger partial charge in [0.25, 0.3) is 0 Å². The number of hydrogen-bond donors (Lipinski definition) is 1. The predicted octanol–water partition coefficient (Wildman–Crippen LogP) is 2.39. The first-order chi connectivity index (χ1) is 8.31. The second kappa shape index (κ2) is 8.90. The summed E-state index contributed by atoms with van der Waals surface area (Å²) in [6.07, 6.45) is 8.34. The summed E-state index contributed by atoms with van der Waals surface area (Å²) in [5.41, 5.74) is 5.72. The minimum absolute atomic E-state index is 0.248. The van der Waals surface area contributed by atoms with Gasteiger partial charge in [0.05, 0.1) is 6.10 Å². The molecule has 0 amide bonds. The third kappa shape index (κ3) is 5.36. The highest BCUT2D eigenvalue weighted by Gasteiger charge is 2.20. The topological polar surface area (TPSA) is 38.5 Å². The van der Waals surface area contributed by atoms with Crippen molar-refractivity contribution in [3.63, 3.8) is 0 Å². The molecule has 1 aliphatic rings. The molecule has 1 saturated carbocycles. The number of nitrogens with two attached hydrogens (primary N) is 1. The van der Waals surface area contributed by atoms with Crippen LogP contribution in [-0.4, -0.2) is 43.3 Å². The predicted molar refractivity (Wildman–Crippen MR) is 73.2 cm³/mol. The Bertz CT molecular complexity index is 181. The maximum atomic E-state index is 5.72. The average molecular weight is 242 g/mol. The molecule has 2 N–H and O–H groups in total. The second-order valence-corrected chi connectivity index (χ2v) is 5.02. The standard InChI is InChI=1S/C14H30N2O/c1-3-16(13-8-6-5-7-9-13)11-10-14(12-15)17-4-2/h13-14H,3-12,15H2,1-2H3. The van der Waals surface area contributed by atoms with Crippen molar-refractivity contribution in [2.45, 2.75) is 64.5 Å². The van der Waals surface area contributed by atoms with Crippen LogP contribution in [-0.2, 0) is 4.74 Å². The van der Waals surface area contributed by atoms with Gasteiger partial charge in [0, 0.05) is 25.7 Å². The molecule has 0 radical (unpaired) electrons. The highest BCUT2D eigenvalue weighted by Crippen LogP contribution is 2.22. The molecular formula is C14H30N2O. The Morgan fingerprint density at radius 2 is 1.94 bits per heavy atom. The Hall–Kier alpha value is -0.120. The largest absolute Gasteiger partial charge is 0.377 e. The summed E-state index contributed by atoms with van der Waals surface area (Å²) in [6, 6.07) is 0.814. The minimum atomic E-state index is 0.248. The molecule has 1 unspecified atom stereocenters. The van der Waals surface area contributed by atoms with Crippen LogP contribution in [0.1, 0.15) is 52.4 Å². The molecule has 102 valence electrons. The van der Waals surface area contributed by atoms with E-state index in [1.807, 2.05) is 6.92 Å². The first-order valence-electron chi connectivity index (χ1n) is 7.37. The van der Waals surface area contributed by atoms with Gasteiger partial charge in [-0.3, -0.25) is 0 Å². The highest BCUT2D eigenvalue weighted by molar-refractivity contribution is 4.76. The molecule has 3 nitrogen and oxygen atoms in total. The van der Waals surface area contributed by atoms with Crippen molar-refractivity contribution in [1.29, 1.82) is 0 Å². The van der Waals surface area contributed by atoms with Crippen LogP contribution < -0.4 is 5.73 Å². The van der Waals surface area contributed by atoms with Crippen LogP contribution in [0.2, 0.25) is 0 Å². The monoisotopic (exact) mass is 242 g/mol. The summed E-state index contributed by atoms with van der Waals surface area (Å²) in [4.78, 5) is 2.63. The maximum Gasteiger partial charge on any atom is 0.0709 e. The molecule has 0 aromatic heterocycles. The van der Waals surface area contributed by atoms with Crippen LogP contribution in [0.5, 0.6) is 0 Å². The summed E-state index contributed by atoms with van der Waals surface area (Å²) in [5.74, 6) is 0. The molecule has 1 rings (SSSR count). The number of hydrogen-bond acceptors (Lipinski definition) is 3. The Labute approximate surface area is 107 Å². The number of nitrogens with zero attached hydrogens (tertiary/aromatic N) is 1. The van der Waals surface area contributed by atoms with Gasteiger partial charge in [-0.05, 0) is 32.7 Å². The van der Waals surface area contributed by atoms with Crippen LogP contribution in [0, 0.1) is 0 Å². The molecule has 0 aromatic rings. The smallest absolute Gasteiger partial charge is 0.0709 e. The quantitative estimate of drug-likeness (QED) is 0.710. The Morgan fingerprint density at radius 3 is 2.47 bits per heavy atom. The fourth-order valence-electron chi connectivity index (χ4n) is 2.86. The van der Waals surface area contributed by atoms with E-state index < -0.39 is 0 Å². The molecule has 1 aliphatic carbocycles. The van der Waals surface area contributed by atoms with Crippen molar-refractivity contribution in [2.24, 2.45) is 5.73 Å².